The Morgan fingerprint density at radius 3 is 2.36 bits per heavy atom. The Kier molecular flexibility index (Phi) is 10.7. The third-order valence-electron chi connectivity index (χ3n) is 4.91. The maximum absolute atomic E-state index is 5.85. The molecule has 0 saturated carbocycles. The summed E-state index contributed by atoms with van der Waals surface area (Å²) in [6.45, 7) is 12.7. The highest BCUT2D eigenvalue weighted by molar-refractivity contribution is 14.0. The van der Waals surface area contributed by atoms with Crippen molar-refractivity contribution in [1.29, 1.82) is 0 Å². The monoisotopic (exact) mass is 504 g/mol. The average Bonchev–Trinajstić information content (AvgIpc) is 2.62. The van der Waals surface area contributed by atoms with Crippen molar-refractivity contribution in [2.45, 2.75) is 58.6 Å². The van der Waals surface area contributed by atoms with Crippen LogP contribution >= 0.6 is 24.0 Å². The van der Waals surface area contributed by atoms with Gasteiger partial charge in [-0.05, 0) is 38.8 Å². The van der Waals surface area contributed by atoms with E-state index in [4.69, 9.17) is 9.47 Å². The highest BCUT2D eigenvalue weighted by atomic mass is 127. The van der Waals surface area contributed by atoms with E-state index < -0.39 is 0 Å². The molecular formula is C21H37IN4O2. The highest BCUT2D eigenvalue weighted by Gasteiger charge is 2.22. The van der Waals surface area contributed by atoms with Gasteiger partial charge in [-0.15, -0.1) is 24.0 Å². The number of aliphatic imine (C=N–C) groups is 1. The van der Waals surface area contributed by atoms with E-state index in [0.717, 1.165) is 32.1 Å². The van der Waals surface area contributed by atoms with Crippen molar-refractivity contribution >= 4 is 29.9 Å². The van der Waals surface area contributed by atoms with Crippen LogP contribution in [-0.4, -0.2) is 62.5 Å². The number of ether oxygens (including phenoxy) is 2. The number of guanidine groups is 1. The first-order valence-corrected chi connectivity index (χ1v) is 9.77. The fourth-order valence-corrected chi connectivity index (χ4v) is 3.31. The molecule has 1 aliphatic heterocycles. The number of nitrogens with one attached hydrogen (secondary N) is 2. The summed E-state index contributed by atoms with van der Waals surface area (Å²) in [7, 11) is 3.51. The summed E-state index contributed by atoms with van der Waals surface area (Å²) in [5.41, 5.74) is 2.40. The molecule has 160 valence electrons. The summed E-state index contributed by atoms with van der Waals surface area (Å²) in [6, 6.07) is 8.60. The minimum Gasteiger partial charge on any atom is -0.377 e. The molecule has 1 saturated heterocycles. The lowest BCUT2D eigenvalue weighted by Gasteiger charge is -2.35. The zero-order valence-corrected chi connectivity index (χ0v) is 20.4. The number of rotatable bonds is 7. The van der Waals surface area contributed by atoms with E-state index in [-0.39, 0.29) is 41.8 Å². The smallest absolute Gasteiger partial charge is 0.191 e. The average molecular weight is 504 g/mol. The number of hydrogen-bond donors (Lipinski definition) is 2. The molecule has 2 atom stereocenters. The second-order valence-corrected chi connectivity index (χ2v) is 7.96. The molecule has 0 radical (unpaired) electrons. The van der Waals surface area contributed by atoms with Gasteiger partial charge in [-0.25, -0.2) is 0 Å². The molecule has 1 aromatic rings. The molecule has 2 N–H and O–H groups in total. The first-order chi connectivity index (χ1) is 12.8. The molecular weight excluding hydrogens is 467 g/mol. The Hall–Kier alpha value is -0.900. The lowest BCUT2D eigenvalue weighted by Crippen LogP contribution is -2.45. The molecule has 28 heavy (non-hydrogen) atoms. The molecule has 0 bridgehead atoms. The number of morpholine rings is 1. The van der Waals surface area contributed by atoms with Crippen molar-refractivity contribution < 1.29 is 9.47 Å². The maximum Gasteiger partial charge on any atom is 0.191 e. The molecule has 7 heteroatoms. The molecule has 2 rings (SSSR count). The Morgan fingerprint density at radius 1 is 1.18 bits per heavy atom. The molecule has 1 aliphatic rings. The summed E-state index contributed by atoms with van der Waals surface area (Å²) in [6.07, 6.45) is 0.567. The van der Waals surface area contributed by atoms with Gasteiger partial charge in [0.15, 0.2) is 5.96 Å². The first-order valence-electron chi connectivity index (χ1n) is 9.77. The normalized spacial score (nSPS) is 21.1. The minimum absolute atomic E-state index is 0. The van der Waals surface area contributed by atoms with E-state index >= 15 is 0 Å². The van der Waals surface area contributed by atoms with Gasteiger partial charge in [-0.2, -0.15) is 0 Å². The fourth-order valence-electron chi connectivity index (χ4n) is 3.31. The van der Waals surface area contributed by atoms with Crippen molar-refractivity contribution in [3.8, 4) is 0 Å². The number of methoxy groups -OCH3 is 1. The van der Waals surface area contributed by atoms with Gasteiger partial charge in [0.2, 0.25) is 0 Å². The van der Waals surface area contributed by atoms with Crippen LogP contribution in [0, 0.1) is 0 Å². The van der Waals surface area contributed by atoms with E-state index in [1.54, 1.807) is 14.2 Å². The lowest BCUT2D eigenvalue weighted by atomic mass is 10.1. The van der Waals surface area contributed by atoms with Crippen molar-refractivity contribution in [1.82, 2.24) is 15.5 Å². The van der Waals surface area contributed by atoms with E-state index in [1.807, 2.05) is 13.8 Å². The van der Waals surface area contributed by atoms with Crippen LogP contribution in [0.2, 0.25) is 0 Å². The van der Waals surface area contributed by atoms with Gasteiger partial charge < -0.3 is 20.1 Å². The molecule has 0 spiro atoms. The minimum atomic E-state index is -0.237. The predicted molar refractivity (Wildman–Crippen MR) is 126 cm³/mol. The molecule has 1 heterocycles. The predicted octanol–water partition coefficient (Wildman–Crippen LogP) is 3.00. The van der Waals surface area contributed by atoms with Crippen LogP contribution in [0.25, 0.3) is 0 Å². The SMILES string of the molecule is CN=C(NCc1ccccc1CN1CC(C)OC(C)C1)NCC(C)(C)OC.I. The van der Waals surface area contributed by atoms with Crippen LogP contribution in [0.3, 0.4) is 0 Å². The standard InChI is InChI=1S/C21H36N4O2.HI/c1-16-12-25(13-17(2)27-16)14-19-10-8-7-9-18(19)11-23-20(22-5)24-15-21(3,4)26-6;/h7-10,16-17H,11-15H2,1-6H3,(H2,22,23,24);1H. The van der Waals surface area contributed by atoms with Crippen molar-refractivity contribution in [3.63, 3.8) is 0 Å². The number of nitrogens with zero attached hydrogens (tertiary/aromatic N) is 2. The molecule has 0 aromatic heterocycles. The van der Waals surface area contributed by atoms with Crippen LogP contribution in [0.5, 0.6) is 0 Å². The van der Waals surface area contributed by atoms with E-state index in [0.29, 0.717) is 6.54 Å². The van der Waals surface area contributed by atoms with Gasteiger partial charge in [0.1, 0.15) is 0 Å². The van der Waals surface area contributed by atoms with Gasteiger partial charge in [0.05, 0.1) is 17.8 Å². The fraction of sp³-hybridized carbons (Fsp3) is 0.667. The lowest BCUT2D eigenvalue weighted by molar-refractivity contribution is -0.0705. The van der Waals surface area contributed by atoms with Gasteiger partial charge >= 0.3 is 0 Å². The van der Waals surface area contributed by atoms with Crippen molar-refractivity contribution in [3.05, 3.63) is 35.4 Å². The maximum atomic E-state index is 5.85. The van der Waals surface area contributed by atoms with Crippen LogP contribution < -0.4 is 10.6 Å². The summed E-state index contributed by atoms with van der Waals surface area (Å²) in [4.78, 5) is 6.80. The van der Waals surface area contributed by atoms with Crippen molar-refractivity contribution in [2.75, 3.05) is 33.8 Å². The van der Waals surface area contributed by atoms with Gasteiger partial charge in [0.25, 0.3) is 0 Å². The summed E-state index contributed by atoms with van der Waals surface area (Å²) in [5, 5.41) is 6.75. The topological polar surface area (TPSA) is 58.1 Å². The Morgan fingerprint density at radius 2 is 1.79 bits per heavy atom. The quantitative estimate of drug-likeness (QED) is 0.340. The van der Waals surface area contributed by atoms with Gasteiger partial charge in [0, 0.05) is 46.9 Å². The second kappa shape index (κ2) is 11.9. The molecule has 0 aliphatic carbocycles. The highest BCUT2D eigenvalue weighted by Crippen LogP contribution is 2.17. The Labute approximate surface area is 187 Å². The van der Waals surface area contributed by atoms with Crippen molar-refractivity contribution in [2.24, 2.45) is 4.99 Å². The summed E-state index contributed by atoms with van der Waals surface area (Å²) < 4.78 is 11.3. The molecule has 0 amide bonds. The van der Waals surface area contributed by atoms with E-state index in [1.165, 1.54) is 11.1 Å². The van der Waals surface area contributed by atoms with Crippen LogP contribution in [-0.2, 0) is 22.6 Å². The molecule has 1 fully saturated rings. The molecule has 2 unspecified atom stereocenters. The summed E-state index contributed by atoms with van der Waals surface area (Å²) >= 11 is 0. The van der Waals surface area contributed by atoms with Crippen LogP contribution in [0.15, 0.2) is 29.3 Å². The van der Waals surface area contributed by atoms with Gasteiger partial charge in [-0.1, -0.05) is 24.3 Å². The molecule has 6 nitrogen and oxygen atoms in total. The van der Waals surface area contributed by atoms with Crippen LogP contribution in [0.4, 0.5) is 0 Å². The third kappa shape index (κ3) is 8.23. The third-order valence-corrected chi connectivity index (χ3v) is 4.91. The summed E-state index contributed by atoms with van der Waals surface area (Å²) in [5.74, 6) is 0.781. The second-order valence-electron chi connectivity index (χ2n) is 7.96. The zero-order chi connectivity index (χ0) is 19.9. The van der Waals surface area contributed by atoms with Crippen LogP contribution in [0.1, 0.15) is 38.8 Å². The first kappa shape index (κ1) is 25.1. The number of benzene rings is 1. The molecule has 1 aromatic carbocycles. The van der Waals surface area contributed by atoms with Gasteiger partial charge in [-0.3, -0.25) is 9.89 Å². The van der Waals surface area contributed by atoms with E-state index in [9.17, 15) is 0 Å². The van der Waals surface area contributed by atoms with E-state index in [2.05, 4.69) is 58.6 Å². The zero-order valence-electron chi connectivity index (χ0n) is 18.1. The number of halogens is 1. The largest absolute Gasteiger partial charge is 0.377 e. The number of hydrogen-bond acceptors (Lipinski definition) is 4. The Balaban J connectivity index is 0.00000392. The Bertz CT molecular complexity index is 614.